The van der Waals surface area contributed by atoms with Crippen molar-refractivity contribution in [2.75, 3.05) is 7.05 Å². The molecule has 2 aromatic carbocycles. The SMILES string of the molecule is CN(Cc1ncc(-c2ccccc2)o1)Cc1ccccc1F. The lowest BCUT2D eigenvalue weighted by molar-refractivity contribution is 0.279. The van der Waals surface area contributed by atoms with Gasteiger partial charge in [-0.3, -0.25) is 4.90 Å². The molecule has 0 unspecified atom stereocenters. The summed E-state index contributed by atoms with van der Waals surface area (Å²) in [4.78, 5) is 6.27. The van der Waals surface area contributed by atoms with Crippen molar-refractivity contribution < 1.29 is 8.81 Å². The summed E-state index contributed by atoms with van der Waals surface area (Å²) in [6.07, 6.45) is 1.72. The Balaban J connectivity index is 1.66. The third-order valence-electron chi connectivity index (χ3n) is 3.42. The molecule has 0 amide bonds. The Morgan fingerprint density at radius 3 is 2.50 bits per heavy atom. The summed E-state index contributed by atoms with van der Waals surface area (Å²) in [6, 6.07) is 16.6. The fourth-order valence-electron chi connectivity index (χ4n) is 2.32. The molecule has 0 aliphatic rings. The average Bonchev–Trinajstić information content (AvgIpc) is 2.99. The van der Waals surface area contributed by atoms with E-state index >= 15 is 0 Å². The Morgan fingerprint density at radius 2 is 1.73 bits per heavy atom. The Kier molecular flexibility index (Phi) is 4.30. The van der Waals surface area contributed by atoms with Crippen molar-refractivity contribution in [2.45, 2.75) is 13.1 Å². The first-order valence-corrected chi connectivity index (χ1v) is 7.14. The van der Waals surface area contributed by atoms with Crippen LogP contribution >= 0.6 is 0 Å². The number of halogens is 1. The Labute approximate surface area is 129 Å². The maximum atomic E-state index is 13.6. The molecule has 3 aromatic rings. The summed E-state index contributed by atoms with van der Waals surface area (Å²) in [5.41, 5.74) is 1.66. The summed E-state index contributed by atoms with van der Waals surface area (Å²) in [5.74, 6) is 1.18. The van der Waals surface area contributed by atoms with Crippen molar-refractivity contribution in [2.24, 2.45) is 0 Å². The van der Waals surface area contributed by atoms with Gasteiger partial charge in [-0.15, -0.1) is 0 Å². The van der Waals surface area contributed by atoms with Crippen LogP contribution in [0.25, 0.3) is 11.3 Å². The predicted octanol–water partition coefficient (Wildman–Crippen LogP) is 4.11. The van der Waals surface area contributed by atoms with E-state index < -0.39 is 0 Å². The van der Waals surface area contributed by atoms with Gasteiger partial charge in [0.1, 0.15) is 5.82 Å². The lowest BCUT2D eigenvalue weighted by Gasteiger charge is -2.14. The van der Waals surface area contributed by atoms with Crippen LogP contribution in [0.1, 0.15) is 11.5 Å². The molecule has 1 heterocycles. The fourth-order valence-corrected chi connectivity index (χ4v) is 2.32. The molecule has 0 bridgehead atoms. The van der Waals surface area contributed by atoms with Crippen LogP contribution in [0.5, 0.6) is 0 Å². The van der Waals surface area contributed by atoms with Crippen LogP contribution in [-0.2, 0) is 13.1 Å². The Morgan fingerprint density at radius 1 is 1.00 bits per heavy atom. The smallest absolute Gasteiger partial charge is 0.209 e. The lowest BCUT2D eigenvalue weighted by Crippen LogP contribution is -2.18. The summed E-state index contributed by atoms with van der Waals surface area (Å²) >= 11 is 0. The van der Waals surface area contributed by atoms with Crippen molar-refractivity contribution in [3.05, 3.63) is 78.1 Å². The van der Waals surface area contributed by atoms with Crippen molar-refractivity contribution >= 4 is 0 Å². The van der Waals surface area contributed by atoms with E-state index in [4.69, 9.17) is 4.42 Å². The highest BCUT2D eigenvalue weighted by Gasteiger charge is 2.10. The van der Waals surface area contributed by atoms with Gasteiger partial charge in [0, 0.05) is 17.7 Å². The van der Waals surface area contributed by atoms with Gasteiger partial charge in [-0.1, -0.05) is 48.5 Å². The topological polar surface area (TPSA) is 29.3 Å². The number of benzene rings is 2. The van der Waals surface area contributed by atoms with Crippen molar-refractivity contribution in [3.63, 3.8) is 0 Å². The van der Waals surface area contributed by atoms with E-state index in [9.17, 15) is 4.39 Å². The molecule has 3 nitrogen and oxygen atoms in total. The third-order valence-corrected chi connectivity index (χ3v) is 3.42. The van der Waals surface area contributed by atoms with Gasteiger partial charge in [-0.25, -0.2) is 9.37 Å². The van der Waals surface area contributed by atoms with Crippen LogP contribution in [0.4, 0.5) is 4.39 Å². The zero-order valence-corrected chi connectivity index (χ0v) is 12.4. The summed E-state index contributed by atoms with van der Waals surface area (Å²) < 4.78 is 19.4. The third kappa shape index (κ3) is 3.40. The van der Waals surface area contributed by atoms with Gasteiger partial charge < -0.3 is 4.42 Å². The molecular formula is C18H17FN2O. The number of aromatic nitrogens is 1. The molecule has 22 heavy (non-hydrogen) atoms. The minimum Gasteiger partial charge on any atom is -0.439 e. The van der Waals surface area contributed by atoms with E-state index in [-0.39, 0.29) is 5.82 Å². The maximum absolute atomic E-state index is 13.6. The first-order valence-electron chi connectivity index (χ1n) is 7.14. The monoisotopic (exact) mass is 296 g/mol. The van der Waals surface area contributed by atoms with E-state index in [2.05, 4.69) is 4.98 Å². The summed E-state index contributed by atoms with van der Waals surface area (Å²) in [7, 11) is 1.92. The van der Waals surface area contributed by atoms with Gasteiger partial charge in [-0.2, -0.15) is 0 Å². The zero-order chi connectivity index (χ0) is 15.4. The largest absolute Gasteiger partial charge is 0.439 e. The van der Waals surface area contributed by atoms with Crippen molar-refractivity contribution in [1.82, 2.24) is 9.88 Å². The van der Waals surface area contributed by atoms with Crippen LogP contribution in [0, 0.1) is 5.82 Å². The highest BCUT2D eigenvalue weighted by Crippen LogP contribution is 2.20. The van der Waals surface area contributed by atoms with E-state index in [0.717, 1.165) is 11.3 Å². The second-order valence-corrected chi connectivity index (χ2v) is 5.25. The second-order valence-electron chi connectivity index (χ2n) is 5.25. The summed E-state index contributed by atoms with van der Waals surface area (Å²) in [5, 5.41) is 0. The Bertz CT molecular complexity index is 740. The van der Waals surface area contributed by atoms with Gasteiger partial charge in [0.15, 0.2) is 5.76 Å². The van der Waals surface area contributed by atoms with Gasteiger partial charge in [0.2, 0.25) is 5.89 Å². The number of oxazole rings is 1. The molecule has 0 atom stereocenters. The van der Waals surface area contributed by atoms with Crippen LogP contribution in [-0.4, -0.2) is 16.9 Å². The Hall–Kier alpha value is -2.46. The highest BCUT2D eigenvalue weighted by molar-refractivity contribution is 5.55. The number of rotatable bonds is 5. The van der Waals surface area contributed by atoms with Crippen LogP contribution in [0.15, 0.2) is 65.2 Å². The van der Waals surface area contributed by atoms with E-state index in [1.807, 2.05) is 48.3 Å². The first-order chi connectivity index (χ1) is 10.7. The molecule has 3 rings (SSSR count). The molecular weight excluding hydrogens is 279 g/mol. The molecule has 0 spiro atoms. The minimum atomic E-state index is -0.188. The molecule has 0 saturated heterocycles. The maximum Gasteiger partial charge on any atom is 0.209 e. The average molecular weight is 296 g/mol. The molecule has 0 fully saturated rings. The molecule has 4 heteroatoms. The zero-order valence-electron chi connectivity index (χ0n) is 12.4. The van der Waals surface area contributed by atoms with Gasteiger partial charge in [0.05, 0.1) is 12.7 Å². The summed E-state index contributed by atoms with van der Waals surface area (Å²) in [6.45, 7) is 1.04. The number of nitrogens with zero attached hydrogens (tertiary/aromatic N) is 2. The van der Waals surface area contributed by atoms with Crippen molar-refractivity contribution in [3.8, 4) is 11.3 Å². The van der Waals surface area contributed by atoms with Gasteiger partial charge in [0.25, 0.3) is 0 Å². The van der Waals surface area contributed by atoms with Crippen molar-refractivity contribution in [1.29, 1.82) is 0 Å². The molecule has 0 saturated carbocycles. The standard InChI is InChI=1S/C18H17FN2O/c1-21(12-15-9-5-6-10-16(15)19)13-18-20-11-17(22-18)14-7-3-2-4-8-14/h2-11H,12-13H2,1H3. The number of hydrogen-bond donors (Lipinski definition) is 0. The van der Waals surface area contributed by atoms with Gasteiger partial charge in [-0.05, 0) is 13.1 Å². The second kappa shape index (κ2) is 6.54. The first kappa shape index (κ1) is 14.5. The van der Waals surface area contributed by atoms with E-state index in [0.29, 0.717) is 24.5 Å². The van der Waals surface area contributed by atoms with Gasteiger partial charge >= 0.3 is 0 Å². The molecule has 0 radical (unpaired) electrons. The molecule has 112 valence electrons. The van der Waals surface area contributed by atoms with E-state index in [1.54, 1.807) is 18.3 Å². The normalized spacial score (nSPS) is 11.0. The van der Waals surface area contributed by atoms with E-state index in [1.165, 1.54) is 6.07 Å². The minimum absolute atomic E-state index is 0.188. The van der Waals surface area contributed by atoms with Crippen LogP contribution in [0.2, 0.25) is 0 Å². The molecule has 1 aromatic heterocycles. The predicted molar refractivity (Wildman–Crippen MR) is 83.5 cm³/mol. The lowest BCUT2D eigenvalue weighted by atomic mass is 10.2. The van der Waals surface area contributed by atoms with Crippen LogP contribution in [0.3, 0.4) is 0 Å². The molecule has 0 aliphatic heterocycles. The highest BCUT2D eigenvalue weighted by atomic mass is 19.1. The quantitative estimate of drug-likeness (QED) is 0.709. The van der Waals surface area contributed by atoms with Crippen LogP contribution < -0.4 is 0 Å². The fraction of sp³-hybridized carbons (Fsp3) is 0.167. The molecule has 0 aliphatic carbocycles. The molecule has 0 N–H and O–H groups in total. The number of hydrogen-bond acceptors (Lipinski definition) is 3.